The van der Waals surface area contributed by atoms with Crippen LogP contribution in [0.4, 0.5) is 8.78 Å². The summed E-state index contributed by atoms with van der Waals surface area (Å²) in [5.74, 6) is 0.949. The first-order chi connectivity index (χ1) is 8.04. The zero-order valence-corrected chi connectivity index (χ0v) is 10.4. The molecular weight excluding hydrogens is 250 g/mol. The average molecular weight is 263 g/mol. The Morgan fingerprint density at radius 2 is 2.12 bits per heavy atom. The van der Waals surface area contributed by atoms with Gasteiger partial charge >= 0.3 is 0 Å². The van der Waals surface area contributed by atoms with Gasteiger partial charge in [-0.2, -0.15) is 5.10 Å². The highest BCUT2D eigenvalue weighted by Gasteiger charge is 2.19. The van der Waals surface area contributed by atoms with E-state index in [1.54, 1.807) is 11.7 Å². The predicted molar refractivity (Wildman–Crippen MR) is 61.7 cm³/mol. The van der Waals surface area contributed by atoms with Crippen LogP contribution < -0.4 is 0 Å². The topological polar surface area (TPSA) is 35.6 Å². The van der Waals surface area contributed by atoms with E-state index in [-0.39, 0.29) is 6.54 Å². The Bertz CT molecular complexity index is 532. The Morgan fingerprint density at radius 3 is 2.71 bits per heavy atom. The van der Waals surface area contributed by atoms with Gasteiger partial charge < -0.3 is 4.57 Å². The van der Waals surface area contributed by atoms with E-state index in [1.807, 2.05) is 6.92 Å². The third kappa shape index (κ3) is 2.13. The predicted octanol–water partition coefficient (Wildman–Crippen LogP) is 2.12. The SMILES string of the molecule is Cc1nn(C)c2c1nc(CCCl)n2CC(F)F. The van der Waals surface area contributed by atoms with Crippen molar-refractivity contribution < 1.29 is 8.78 Å². The normalized spacial score (nSPS) is 11.9. The second-order valence-electron chi connectivity index (χ2n) is 3.85. The van der Waals surface area contributed by atoms with Crippen LogP contribution in [0, 0.1) is 6.92 Å². The van der Waals surface area contributed by atoms with Crippen LogP contribution in [0.25, 0.3) is 11.2 Å². The first-order valence-corrected chi connectivity index (χ1v) is 5.81. The highest BCUT2D eigenvalue weighted by molar-refractivity contribution is 6.17. The maximum atomic E-state index is 12.6. The minimum atomic E-state index is -2.42. The van der Waals surface area contributed by atoms with E-state index < -0.39 is 6.43 Å². The molecule has 0 spiro atoms. The number of imidazole rings is 1. The van der Waals surface area contributed by atoms with Gasteiger partial charge in [-0.3, -0.25) is 4.68 Å². The van der Waals surface area contributed by atoms with E-state index in [9.17, 15) is 8.78 Å². The number of alkyl halides is 3. The molecular formula is C10H13ClF2N4. The summed E-state index contributed by atoms with van der Waals surface area (Å²) in [6.45, 7) is 1.44. The van der Waals surface area contributed by atoms with Gasteiger partial charge in [-0.1, -0.05) is 0 Å². The summed E-state index contributed by atoms with van der Waals surface area (Å²) < 4.78 is 28.2. The Kier molecular flexibility index (Phi) is 3.33. The fourth-order valence-electron chi connectivity index (χ4n) is 1.99. The van der Waals surface area contributed by atoms with Crippen molar-refractivity contribution in [3.05, 3.63) is 11.5 Å². The minimum absolute atomic E-state index is 0.360. The molecule has 4 nitrogen and oxygen atoms in total. The zero-order valence-electron chi connectivity index (χ0n) is 9.62. The van der Waals surface area contributed by atoms with Crippen molar-refractivity contribution in [2.24, 2.45) is 7.05 Å². The Hall–Kier alpha value is -1.17. The van der Waals surface area contributed by atoms with Crippen LogP contribution in [-0.2, 0) is 20.0 Å². The van der Waals surface area contributed by atoms with Gasteiger partial charge in [0.05, 0.1) is 12.2 Å². The molecule has 0 unspecified atom stereocenters. The number of aromatic nitrogens is 4. The number of hydrogen-bond acceptors (Lipinski definition) is 2. The number of hydrogen-bond donors (Lipinski definition) is 0. The van der Waals surface area contributed by atoms with E-state index in [2.05, 4.69) is 10.1 Å². The summed E-state index contributed by atoms with van der Waals surface area (Å²) in [4.78, 5) is 4.34. The molecule has 2 aromatic heterocycles. The van der Waals surface area contributed by atoms with E-state index in [0.717, 1.165) is 5.69 Å². The maximum Gasteiger partial charge on any atom is 0.256 e. The summed E-state index contributed by atoms with van der Waals surface area (Å²) in [6, 6.07) is 0. The van der Waals surface area contributed by atoms with Crippen LogP contribution in [-0.4, -0.2) is 31.6 Å². The quantitative estimate of drug-likeness (QED) is 0.792. The van der Waals surface area contributed by atoms with E-state index >= 15 is 0 Å². The van der Waals surface area contributed by atoms with Crippen molar-refractivity contribution in [2.75, 3.05) is 5.88 Å². The van der Waals surface area contributed by atoms with E-state index in [1.165, 1.54) is 4.57 Å². The molecule has 0 N–H and O–H groups in total. The van der Waals surface area contributed by atoms with Crippen LogP contribution in [0.3, 0.4) is 0 Å². The Labute approximate surface area is 102 Å². The van der Waals surface area contributed by atoms with Gasteiger partial charge in [-0.15, -0.1) is 11.6 Å². The largest absolute Gasteiger partial charge is 0.307 e. The lowest BCUT2D eigenvalue weighted by molar-refractivity contribution is 0.126. The second kappa shape index (κ2) is 4.60. The fourth-order valence-corrected chi connectivity index (χ4v) is 2.15. The van der Waals surface area contributed by atoms with Crippen LogP contribution in [0.15, 0.2) is 0 Å². The number of halogens is 3. The van der Waals surface area contributed by atoms with Crippen LogP contribution in [0.1, 0.15) is 11.5 Å². The third-order valence-electron chi connectivity index (χ3n) is 2.61. The molecule has 0 aromatic carbocycles. The molecule has 94 valence electrons. The Balaban J connectivity index is 2.60. The van der Waals surface area contributed by atoms with Crippen molar-refractivity contribution in [3.8, 4) is 0 Å². The zero-order chi connectivity index (χ0) is 12.6. The lowest BCUT2D eigenvalue weighted by Gasteiger charge is -2.07. The second-order valence-corrected chi connectivity index (χ2v) is 4.23. The molecule has 0 aliphatic carbocycles. The first kappa shape index (κ1) is 12.3. The molecule has 2 aromatic rings. The number of fused-ring (bicyclic) bond motifs is 1. The number of nitrogens with zero attached hydrogens (tertiary/aromatic N) is 4. The summed E-state index contributed by atoms with van der Waals surface area (Å²) >= 11 is 5.66. The molecule has 0 saturated heterocycles. The molecule has 0 aliphatic heterocycles. The van der Waals surface area contributed by atoms with E-state index in [4.69, 9.17) is 11.6 Å². The van der Waals surface area contributed by atoms with Crippen LogP contribution in [0.5, 0.6) is 0 Å². The van der Waals surface area contributed by atoms with E-state index in [0.29, 0.717) is 29.3 Å². The molecule has 0 aliphatic rings. The smallest absolute Gasteiger partial charge is 0.256 e. The van der Waals surface area contributed by atoms with Crippen molar-refractivity contribution in [1.29, 1.82) is 0 Å². The average Bonchev–Trinajstić information content (AvgIpc) is 2.69. The molecule has 0 fully saturated rings. The molecule has 0 amide bonds. The van der Waals surface area contributed by atoms with Crippen molar-refractivity contribution >= 4 is 22.8 Å². The molecule has 0 atom stereocenters. The highest BCUT2D eigenvalue weighted by atomic mass is 35.5. The first-order valence-electron chi connectivity index (χ1n) is 5.27. The highest BCUT2D eigenvalue weighted by Crippen LogP contribution is 2.20. The summed E-state index contributed by atoms with van der Waals surface area (Å²) in [5.41, 5.74) is 2.04. The minimum Gasteiger partial charge on any atom is -0.307 e. The molecule has 7 heteroatoms. The Morgan fingerprint density at radius 1 is 1.41 bits per heavy atom. The van der Waals surface area contributed by atoms with Gasteiger partial charge in [0.15, 0.2) is 5.65 Å². The standard InChI is InChI=1S/C10H13ClF2N4/c1-6-9-10(16(2)15-6)17(5-7(12)13)8(14-9)3-4-11/h7H,3-5H2,1-2H3. The molecule has 0 bridgehead atoms. The molecule has 2 heterocycles. The van der Waals surface area contributed by atoms with Gasteiger partial charge in [-0.05, 0) is 6.92 Å². The van der Waals surface area contributed by atoms with Gasteiger partial charge in [0.2, 0.25) is 0 Å². The third-order valence-corrected chi connectivity index (χ3v) is 2.80. The molecule has 0 radical (unpaired) electrons. The lowest BCUT2D eigenvalue weighted by Crippen LogP contribution is -2.13. The van der Waals surface area contributed by atoms with Crippen LogP contribution in [0.2, 0.25) is 0 Å². The maximum absolute atomic E-state index is 12.6. The number of rotatable bonds is 4. The summed E-state index contributed by atoms with van der Waals surface area (Å²) in [5, 5.41) is 4.17. The van der Waals surface area contributed by atoms with Gasteiger partial charge in [0.25, 0.3) is 6.43 Å². The fraction of sp³-hybridized carbons (Fsp3) is 0.600. The molecule has 2 rings (SSSR count). The lowest BCUT2D eigenvalue weighted by atomic mass is 10.4. The van der Waals surface area contributed by atoms with Crippen LogP contribution >= 0.6 is 11.6 Å². The van der Waals surface area contributed by atoms with Crippen molar-refractivity contribution in [2.45, 2.75) is 26.3 Å². The summed E-state index contributed by atoms with van der Waals surface area (Å²) in [6.07, 6.45) is -1.95. The molecule has 17 heavy (non-hydrogen) atoms. The van der Waals surface area contributed by atoms with Crippen molar-refractivity contribution in [1.82, 2.24) is 19.3 Å². The monoisotopic (exact) mass is 262 g/mol. The number of aryl methyl sites for hydroxylation is 3. The molecule has 0 saturated carbocycles. The van der Waals surface area contributed by atoms with Gasteiger partial charge in [0, 0.05) is 19.3 Å². The van der Waals surface area contributed by atoms with Crippen molar-refractivity contribution in [3.63, 3.8) is 0 Å². The van der Waals surface area contributed by atoms with Gasteiger partial charge in [0.1, 0.15) is 11.3 Å². The summed E-state index contributed by atoms with van der Waals surface area (Å²) in [7, 11) is 1.73. The van der Waals surface area contributed by atoms with Gasteiger partial charge in [-0.25, -0.2) is 13.8 Å².